The molecule has 0 saturated heterocycles. The SMILES string of the molecule is CC(NC(=O)c1ccc(OC(F)(F)F)cc1)c1cccnc1. The van der Waals surface area contributed by atoms with E-state index in [0.717, 1.165) is 17.7 Å². The number of amides is 1. The van der Waals surface area contributed by atoms with E-state index in [0.29, 0.717) is 0 Å². The van der Waals surface area contributed by atoms with Crippen molar-refractivity contribution >= 4 is 5.91 Å². The number of nitrogens with one attached hydrogen (secondary N) is 1. The first-order chi connectivity index (χ1) is 10.3. The maximum atomic E-state index is 12.1. The number of hydrogen-bond donors (Lipinski definition) is 1. The third-order valence-corrected chi connectivity index (χ3v) is 2.88. The average Bonchev–Trinajstić information content (AvgIpc) is 2.47. The Labute approximate surface area is 124 Å². The van der Waals surface area contributed by atoms with E-state index in [-0.39, 0.29) is 17.4 Å². The van der Waals surface area contributed by atoms with Crippen LogP contribution in [0.4, 0.5) is 13.2 Å². The van der Waals surface area contributed by atoms with Crippen LogP contribution in [0.15, 0.2) is 48.8 Å². The molecule has 2 rings (SSSR count). The minimum Gasteiger partial charge on any atom is -0.406 e. The fraction of sp³-hybridized carbons (Fsp3) is 0.200. The lowest BCUT2D eigenvalue weighted by Crippen LogP contribution is -2.26. The van der Waals surface area contributed by atoms with Crippen molar-refractivity contribution in [1.29, 1.82) is 0 Å². The molecule has 2 aromatic rings. The van der Waals surface area contributed by atoms with Crippen LogP contribution in [-0.4, -0.2) is 17.3 Å². The van der Waals surface area contributed by atoms with Gasteiger partial charge in [-0.05, 0) is 42.8 Å². The highest BCUT2D eigenvalue weighted by Crippen LogP contribution is 2.23. The number of rotatable bonds is 4. The van der Waals surface area contributed by atoms with Crippen LogP contribution < -0.4 is 10.1 Å². The Morgan fingerprint density at radius 3 is 2.45 bits per heavy atom. The van der Waals surface area contributed by atoms with Crippen LogP contribution in [0.5, 0.6) is 5.75 Å². The van der Waals surface area contributed by atoms with Crippen molar-refractivity contribution in [2.24, 2.45) is 0 Å². The first-order valence-electron chi connectivity index (χ1n) is 6.42. The summed E-state index contributed by atoms with van der Waals surface area (Å²) in [6, 6.07) is 8.03. The van der Waals surface area contributed by atoms with Gasteiger partial charge in [-0.25, -0.2) is 0 Å². The Kier molecular flexibility index (Phi) is 4.65. The second-order valence-electron chi connectivity index (χ2n) is 4.55. The topological polar surface area (TPSA) is 51.2 Å². The molecule has 0 aliphatic rings. The summed E-state index contributed by atoms with van der Waals surface area (Å²) in [5.74, 6) is -0.765. The zero-order valence-corrected chi connectivity index (χ0v) is 11.6. The Morgan fingerprint density at radius 1 is 1.23 bits per heavy atom. The van der Waals surface area contributed by atoms with Crippen LogP contribution in [0.25, 0.3) is 0 Å². The van der Waals surface area contributed by atoms with Crippen molar-refractivity contribution in [3.63, 3.8) is 0 Å². The Bertz CT molecular complexity index is 627. The van der Waals surface area contributed by atoms with Crippen LogP contribution in [0.1, 0.15) is 28.9 Å². The van der Waals surface area contributed by atoms with Gasteiger partial charge in [0.15, 0.2) is 0 Å². The van der Waals surface area contributed by atoms with Crippen LogP contribution in [0.3, 0.4) is 0 Å². The number of ether oxygens (including phenoxy) is 1. The summed E-state index contributed by atoms with van der Waals surface area (Å²) in [5.41, 5.74) is 1.07. The molecule has 0 aliphatic carbocycles. The molecule has 0 radical (unpaired) electrons. The molecule has 1 atom stereocenters. The number of halogens is 3. The number of benzene rings is 1. The summed E-state index contributed by atoms with van der Waals surface area (Å²) in [5, 5.41) is 2.74. The van der Waals surface area contributed by atoms with Gasteiger partial charge in [-0.2, -0.15) is 0 Å². The molecule has 4 nitrogen and oxygen atoms in total. The van der Waals surface area contributed by atoms with Crippen molar-refractivity contribution in [2.45, 2.75) is 19.3 Å². The maximum absolute atomic E-state index is 12.1. The fourth-order valence-corrected chi connectivity index (χ4v) is 1.80. The van der Waals surface area contributed by atoms with Gasteiger partial charge in [-0.1, -0.05) is 6.07 Å². The van der Waals surface area contributed by atoms with Crippen molar-refractivity contribution in [3.8, 4) is 5.75 Å². The number of nitrogens with zero attached hydrogens (tertiary/aromatic N) is 1. The third-order valence-electron chi connectivity index (χ3n) is 2.88. The van der Waals surface area contributed by atoms with Crippen molar-refractivity contribution in [3.05, 3.63) is 59.9 Å². The second kappa shape index (κ2) is 6.46. The standard InChI is InChI=1S/C15H13F3N2O2/c1-10(12-3-2-8-19-9-12)20-14(21)11-4-6-13(7-5-11)22-15(16,17)18/h2-10H,1H3,(H,20,21). The summed E-state index contributed by atoms with van der Waals surface area (Å²) in [7, 11) is 0. The Hall–Kier alpha value is -2.57. The van der Waals surface area contributed by atoms with Crippen molar-refractivity contribution in [1.82, 2.24) is 10.3 Å². The normalized spacial score (nSPS) is 12.5. The molecule has 1 unspecified atom stereocenters. The predicted octanol–water partition coefficient (Wildman–Crippen LogP) is 3.47. The van der Waals surface area contributed by atoms with E-state index < -0.39 is 12.3 Å². The van der Waals surface area contributed by atoms with E-state index in [4.69, 9.17) is 0 Å². The second-order valence-corrected chi connectivity index (χ2v) is 4.55. The summed E-state index contributed by atoms with van der Waals surface area (Å²) in [6.45, 7) is 1.79. The number of hydrogen-bond acceptors (Lipinski definition) is 3. The maximum Gasteiger partial charge on any atom is 0.573 e. The lowest BCUT2D eigenvalue weighted by molar-refractivity contribution is -0.274. The molecular weight excluding hydrogens is 297 g/mol. The molecule has 1 heterocycles. The van der Waals surface area contributed by atoms with E-state index in [1.165, 1.54) is 12.1 Å². The molecular formula is C15H13F3N2O2. The molecule has 1 aromatic carbocycles. The highest BCUT2D eigenvalue weighted by Gasteiger charge is 2.31. The molecule has 1 N–H and O–H groups in total. The molecule has 0 bridgehead atoms. The molecule has 0 fully saturated rings. The Balaban J connectivity index is 2.01. The van der Waals surface area contributed by atoms with Crippen LogP contribution in [-0.2, 0) is 0 Å². The van der Waals surface area contributed by atoms with Gasteiger partial charge in [-0.3, -0.25) is 9.78 Å². The van der Waals surface area contributed by atoms with Crippen LogP contribution in [0.2, 0.25) is 0 Å². The van der Waals surface area contributed by atoms with Gasteiger partial charge >= 0.3 is 6.36 Å². The van der Waals surface area contributed by atoms with Gasteiger partial charge in [0.25, 0.3) is 5.91 Å². The third kappa shape index (κ3) is 4.47. The lowest BCUT2D eigenvalue weighted by Gasteiger charge is -2.14. The molecule has 0 spiro atoms. The minimum absolute atomic E-state index is 0.241. The van der Waals surface area contributed by atoms with E-state index in [1.807, 2.05) is 6.07 Å². The highest BCUT2D eigenvalue weighted by molar-refractivity contribution is 5.94. The number of carbonyl (C=O) groups is 1. The highest BCUT2D eigenvalue weighted by atomic mass is 19.4. The molecule has 1 amide bonds. The Morgan fingerprint density at radius 2 is 1.91 bits per heavy atom. The molecule has 1 aromatic heterocycles. The quantitative estimate of drug-likeness (QED) is 0.940. The summed E-state index contributed by atoms with van der Waals surface area (Å²) in [4.78, 5) is 16.0. The number of carbonyl (C=O) groups excluding carboxylic acids is 1. The van der Waals surface area contributed by atoms with Crippen molar-refractivity contribution in [2.75, 3.05) is 0 Å². The summed E-state index contributed by atoms with van der Waals surface area (Å²) >= 11 is 0. The molecule has 0 saturated carbocycles. The monoisotopic (exact) mass is 310 g/mol. The lowest BCUT2D eigenvalue weighted by atomic mass is 10.1. The largest absolute Gasteiger partial charge is 0.573 e. The van der Waals surface area contributed by atoms with Crippen LogP contribution in [0, 0.1) is 0 Å². The molecule has 22 heavy (non-hydrogen) atoms. The molecule has 116 valence electrons. The van der Waals surface area contributed by atoms with E-state index in [1.54, 1.807) is 25.4 Å². The summed E-state index contributed by atoms with van der Waals surface area (Å²) < 4.78 is 39.9. The van der Waals surface area contributed by atoms with E-state index in [9.17, 15) is 18.0 Å². The van der Waals surface area contributed by atoms with Gasteiger partial charge in [0, 0.05) is 18.0 Å². The van der Waals surface area contributed by atoms with Gasteiger partial charge < -0.3 is 10.1 Å². The predicted molar refractivity (Wildman–Crippen MR) is 73.2 cm³/mol. The van der Waals surface area contributed by atoms with Gasteiger partial charge in [0.05, 0.1) is 6.04 Å². The molecule has 0 aliphatic heterocycles. The zero-order chi connectivity index (χ0) is 16.2. The van der Waals surface area contributed by atoms with Crippen LogP contribution >= 0.6 is 0 Å². The first-order valence-corrected chi connectivity index (χ1v) is 6.42. The van der Waals surface area contributed by atoms with Gasteiger partial charge in [-0.15, -0.1) is 13.2 Å². The summed E-state index contributed by atoms with van der Waals surface area (Å²) in [6.07, 6.45) is -1.50. The molecule has 7 heteroatoms. The van der Waals surface area contributed by atoms with Crippen molar-refractivity contribution < 1.29 is 22.7 Å². The average molecular weight is 310 g/mol. The van der Waals surface area contributed by atoms with E-state index >= 15 is 0 Å². The van der Waals surface area contributed by atoms with Gasteiger partial charge in [0.2, 0.25) is 0 Å². The fourth-order valence-electron chi connectivity index (χ4n) is 1.80. The zero-order valence-electron chi connectivity index (χ0n) is 11.6. The number of pyridine rings is 1. The van der Waals surface area contributed by atoms with E-state index in [2.05, 4.69) is 15.0 Å². The number of aromatic nitrogens is 1. The number of alkyl halides is 3. The van der Waals surface area contributed by atoms with Gasteiger partial charge in [0.1, 0.15) is 5.75 Å². The first kappa shape index (κ1) is 15.8. The minimum atomic E-state index is -4.75. The smallest absolute Gasteiger partial charge is 0.406 e.